The molecule has 2 aromatic rings. The van der Waals surface area contributed by atoms with Gasteiger partial charge in [0.25, 0.3) is 0 Å². The number of aryl methyl sites for hydroxylation is 1. The predicted octanol–water partition coefficient (Wildman–Crippen LogP) is 2.42. The first-order valence-corrected chi connectivity index (χ1v) is 5.93. The fraction of sp³-hybridized carbons (Fsp3) is 0.214. The molecule has 3 nitrogen and oxygen atoms in total. The molecular formula is C14H15F2N3. The van der Waals surface area contributed by atoms with Gasteiger partial charge in [-0.05, 0) is 37.1 Å². The third-order valence-electron chi connectivity index (χ3n) is 3.01. The Bertz CT molecular complexity index is 535. The van der Waals surface area contributed by atoms with Crippen LogP contribution >= 0.6 is 0 Å². The molecule has 0 saturated carbocycles. The third-order valence-corrected chi connectivity index (χ3v) is 3.01. The number of nitrogens with one attached hydrogen (secondary N) is 1. The molecule has 0 radical (unpaired) electrons. The van der Waals surface area contributed by atoms with E-state index in [2.05, 4.69) is 10.4 Å². The van der Waals surface area contributed by atoms with Gasteiger partial charge in [0, 0.05) is 17.5 Å². The monoisotopic (exact) mass is 263 g/mol. The van der Waals surface area contributed by atoms with Crippen LogP contribution in [0.3, 0.4) is 0 Å². The van der Waals surface area contributed by atoms with Gasteiger partial charge in [-0.2, -0.15) is 0 Å². The number of hydrogen-bond acceptors (Lipinski definition) is 3. The summed E-state index contributed by atoms with van der Waals surface area (Å²) in [6, 6.07) is 7.09. The maximum atomic E-state index is 13.6. The second kappa shape index (κ2) is 5.86. The van der Waals surface area contributed by atoms with E-state index in [1.165, 1.54) is 18.2 Å². The van der Waals surface area contributed by atoms with Crippen molar-refractivity contribution in [1.29, 1.82) is 0 Å². The molecule has 1 aromatic carbocycles. The molecule has 0 aliphatic carbocycles. The zero-order valence-corrected chi connectivity index (χ0v) is 10.5. The first-order valence-electron chi connectivity index (χ1n) is 5.93. The van der Waals surface area contributed by atoms with Gasteiger partial charge in [-0.15, -0.1) is 0 Å². The summed E-state index contributed by atoms with van der Waals surface area (Å²) in [6.07, 6.45) is 1.78. The zero-order chi connectivity index (χ0) is 13.8. The van der Waals surface area contributed by atoms with E-state index in [1.54, 1.807) is 6.20 Å². The minimum atomic E-state index is -0.569. The lowest BCUT2D eigenvalue weighted by atomic mass is 10.00. The number of nitrogens with two attached hydrogens (primary N) is 1. The van der Waals surface area contributed by atoms with Crippen molar-refractivity contribution in [3.63, 3.8) is 0 Å². The average molecular weight is 263 g/mol. The fourth-order valence-electron chi connectivity index (χ4n) is 1.89. The van der Waals surface area contributed by atoms with Crippen LogP contribution in [0.5, 0.6) is 0 Å². The Morgan fingerprint density at radius 2 is 1.89 bits per heavy atom. The number of halogens is 2. The summed E-state index contributed by atoms with van der Waals surface area (Å²) in [4.78, 5) is 4.15. The van der Waals surface area contributed by atoms with E-state index in [0.29, 0.717) is 0 Å². The van der Waals surface area contributed by atoms with Crippen LogP contribution in [0.25, 0.3) is 0 Å². The number of hydrogen-bond donors (Lipinski definition) is 2. The summed E-state index contributed by atoms with van der Waals surface area (Å²) in [7, 11) is 0. The van der Waals surface area contributed by atoms with Crippen LogP contribution in [-0.2, 0) is 6.42 Å². The molecule has 0 aliphatic rings. The molecule has 5 heteroatoms. The number of aromatic nitrogens is 1. The Labute approximate surface area is 110 Å². The normalized spacial score (nSPS) is 12.4. The highest BCUT2D eigenvalue weighted by Gasteiger charge is 2.16. The minimum absolute atomic E-state index is 0.0195. The molecule has 0 bridgehead atoms. The first-order chi connectivity index (χ1) is 9.11. The van der Waals surface area contributed by atoms with Crippen molar-refractivity contribution in [2.45, 2.75) is 19.4 Å². The second-order valence-electron chi connectivity index (χ2n) is 4.36. The maximum absolute atomic E-state index is 13.6. The Balaban J connectivity index is 2.26. The van der Waals surface area contributed by atoms with E-state index in [1.807, 2.05) is 19.1 Å². The van der Waals surface area contributed by atoms with Gasteiger partial charge in [0.1, 0.15) is 11.6 Å². The van der Waals surface area contributed by atoms with Crippen LogP contribution in [0, 0.1) is 18.6 Å². The molecular weight excluding hydrogens is 248 g/mol. The molecule has 19 heavy (non-hydrogen) atoms. The molecule has 0 fully saturated rings. The van der Waals surface area contributed by atoms with Crippen molar-refractivity contribution in [1.82, 2.24) is 10.4 Å². The van der Waals surface area contributed by atoms with Gasteiger partial charge in [0.15, 0.2) is 0 Å². The summed E-state index contributed by atoms with van der Waals surface area (Å²) in [5.74, 6) is 4.33. The molecule has 2 rings (SSSR count). The van der Waals surface area contributed by atoms with Gasteiger partial charge in [-0.1, -0.05) is 12.1 Å². The molecule has 1 aromatic heterocycles. The van der Waals surface area contributed by atoms with Crippen molar-refractivity contribution in [2.24, 2.45) is 5.84 Å². The zero-order valence-electron chi connectivity index (χ0n) is 10.5. The lowest BCUT2D eigenvalue weighted by molar-refractivity contribution is 0.499. The Hall–Kier alpha value is -1.85. The van der Waals surface area contributed by atoms with Crippen molar-refractivity contribution in [3.8, 4) is 0 Å². The number of nitrogens with zero attached hydrogens (tertiary/aromatic N) is 1. The van der Waals surface area contributed by atoms with Crippen LogP contribution < -0.4 is 11.3 Å². The van der Waals surface area contributed by atoms with E-state index >= 15 is 0 Å². The molecule has 0 spiro atoms. The highest BCUT2D eigenvalue weighted by molar-refractivity contribution is 5.25. The standard InChI is InChI=1S/C14H15F2N3/c1-9-5-6-10(8-18-9)14(19-17)7-11-12(15)3-2-4-13(11)16/h2-6,8,14,19H,7,17H2,1H3. The topological polar surface area (TPSA) is 50.9 Å². The smallest absolute Gasteiger partial charge is 0.129 e. The highest BCUT2D eigenvalue weighted by atomic mass is 19.1. The molecule has 100 valence electrons. The fourth-order valence-corrected chi connectivity index (χ4v) is 1.89. The summed E-state index contributed by atoms with van der Waals surface area (Å²) < 4.78 is 27.2. The van der Waals surface area contributed by atoms with Gasteiger partial charge < -0.3 is 0 Å². The molecule has 3 N–H and O–H groups in total. The second-order valence-corrected chi connectivity index (χ2v) is 4.36. The summed E-state index contributed by atoms with van der Waals surface area (Å²) in [5.41, 5.74) is 4.25. The Morgan fingerprint density at radius 1 is 1.21 bits per heavy atom. The van der Waals surface area contributed by atoms with Gasteiger partial charge >= 0.3 is 0 Å². The van der Waals surface area contributed by atoms with Crippen LogP contribution in [0.4, 0.5) is 8.78 Å². The van der Waals surface area contributed by atoms with E-state index in [4.69, 9.17) is 5.84 Å². The number of hydrazine groups is 1. The van der Waals surface area contributed by atoms with Crippen LogP contribution in [0.15, 0.2) is 36.5 Å². The van der Waals surface area contributed by atoms with E-state index in [9.17, 15) is 8.78 Å². The largest absolute Gasteiger partial charge is 0.271 e. The number of rotatable bonds is 4. The SMILES string of the molecule is Cc1ccc(C(Cc2c(F)cccc2F)NN)cn1. The average Bonchev–Trinajstić information content (AvgIpc) is 2.40. The highest BCUT2D eigenvalue weighted by Crippen LogP contribution is 2.21. The number of benzene rings is 1. The van der Waals surface area contributed by atoms with Crippen LogP contribution in [0.1, 0.15) is 22.9 Å². The van der Waals surface area contributed by atoms with Gasteiger partial charge in [-0.25, -0.2) is 8.78 Å². The van der Waals surface area contributed by atoms with Crippen molar-refractivity contribution in [2.75, 3.05) is 0 Å². The molecule has 1 atom stereocenters. The lowest BCUT2D eigenvalue weighted by Gasteiger charge is -2.17. The summed E-state index contributed by atoms with van der Waals surface area (Å²) in [6.45, 7) is 1.87. The molecule has 0 aliphatic heterocycles. The molecule has 1 heterocycles. The van der Waals surface area contributed by atoms with Crippen LogP contribution in [0.2, 0.25) is 0 Å². The Morgan fingerprint density at radius 3 is 2.42 bits per heavy atom. The van der Waals surface area contributed by atoms with E-state index in [0.717, 1.165) is 11.3 Å². The van der Waals surface area contributed by atoms with Gasteiger partial charge in [0.05, 0.1) is 6.04 Å². The van der Waals surface area contributed by atoms with Crippen molar-refractivity contribution in [3.05, 3.63) is 65.0 Å². The third kappa shape index (κ3) is 3.13. The van der Waals surface area contributed by atoms with Gasteiger partial charge in [-0.3, -0.25) is 16.3 Å². The molecule has 0 saturated heterocycles. The minimum Gasteiger partial charge on any atom is -0.271 e. The summed E-state index contributed by atoms with van der Waals surface area (Å²) >= 11 is 0. The quantitative estimate of drug-likeness (QED) is 0.658. The first kappa shape index (κ1) is 13.6. The lowest BCUT2D eigenvalue weighted by Crippen LogP contribution is -2.30. The van der Waals surface area contributed by atoms with Crippen molar-refractivity contribution >= 4 is 0 Å². The summed E-state index contributed by atoms with van der Waals surface area (Å²) in [5, 5.41) is 0. The predicted molar refractivity (Wildman–Crippen MR) is 69.1 cm³/mol. The molecule has 1 unspecified atom stereocenters. The Kier molecular flexibility index (Phi) is 4.19. The van der Waals surface area contributed by atoms with Gasteiger partial charge in [0.2, 0.25) is 0 Å². The molecule has 0 amide bonds. The van der Waals surface area contributed by atoms with E-state index < -0.39 is 11.6 Å². The van der Waals surface area contributed by atoms with Crippen LogP contribution in [-0.4, -0.2) is 4.98 Å². The number of pyridine rings is 1. The maximum Gasteiger partial charge on any atom is 0.129 e. The van der Waals surface area contributed by atoms with E-state index in [-0.39, 0.29) is 18.0 Å². The van der Waals surface area contributed by atoms with Crippen molar-refractivity contribution < 1.29 is 8.78 Å².